The quantitative estimate of drug-likeness (QED) is 0.507. The van der Waals surface area contributed by atoms with Crippen molar-refractivity contribution in [3.63, 3.8) is 0 Å². The number of nitrogens with one attached hydrogen (secondary N) is 1. The van der Waals surface area contributed by atoms with Crippen molar-refractivity contribution >= 4 is 11.3 Å². The molecule has 104 valence electrons. The van der Waals surface area contributed by atoms with Crippen LogP contribution in [0.25, 0.3) is 0 Å². The summed E-state index contributed by atoms with van der Waals surface area (Å²) >= 11 is 1.94. The van der Waals surface area contributed by atoms with Crippen LogP contribution in [0.1, 0.15) is 53.5 Å². The normalized spacial score (nSPS) is 21.0. The highest BCUT2D eigenvalue weighted by atomic mass is 32.1. The first kappa shape index (κ1) is 13.2. The Bertz CT molecular complexity index is 443. The molecule has 1 aromatic heterocycles. The van der Waals surface area contributed by atoms with E-state index in [0.29, 0.717) is 0 Å². The van der Waals surface area contributed by atoms with E-state index in [0.717, 1.165) is 19.4 Å². The van der Waals surface area contributed by atoms with Crippen LogP contribution in [0, 0.1) is 0 Å². The molecule has 3 rings (SSSR count). The molecule has 1 aliphatic carbocycles. The van der Waals surface area contributed by atoms with Crippen molar-refractivity contribution < 1.29 is 4.74 Å². The molecule has 0 radical (unpaired) electrons. The summed E-state index contributed by atoms with van der Waals surface area (Å²) in [6.07, 6.45) is 10.6. The Morgan fingerprint density at radius 3 is 2.84 bits per heavy atom. The molecule has 0 saturated heterocycles. The van der Waals surface area contributed by atoms with Gasteiger partial charge in [0.1, 0.15) is 0 Å². The Morgan fingerprint density at radius 2 is 2.05 bits per heavy atom. The van der Waals surface area contributed by atoms with Gasteiger partial charge < -0.3 is 4.74 Å². The smallest absolute Gasteiger partial charge is 0.0876 e. The number of ether oxygens (including phenoxy) is 1. The zero-order valence-electron chi connectivity index (χ0n) is 11.3. The van der Waals surface area contributed by atoms with Gasteiger partial charge >= 0.3 is 0 Å². The summed E-state index contributed by atoms with van der Waals surface area (Å²) in [5.74, 6) is 5.78. The van der Waals surface area contributed by atoms with Gasteiger partial charge in [0, 0.05) is 9.75 Å². The van der Waals surface area contributed by atoms with Gasteiger partial charge in [-0.05, 0) is 55.7 Å². The second kappa shape index (κ2) is 6.07. The fourth-order valence-corrected chi connectivity index (χ4v) is 4.36. The molecule has 0 amide bonds. The van der Waals surface area contributed by atoms with Crippen molar-refractivity contribution in [2.75, 3.05) is 6.61 Å². The zero-order chi connectivity index (χ0) is 13.1. The minimum atomic E-state index is 0.136. The first-order valence-corrected chi connectivity index (χ1v) is 8.08. The molecule has 0 bridgehead atoms. The van der Waals surface area contributed by atoms with E-state index < -0.39 is 0 Å². The van der Waals surface area contributed by atoms with E-state index >= 15 is 0 Å². The summed E-state index contributed by atoms with van der Waals surface area (Å²) in [6.45, 7) is 0.835. The molecule has 0 spiro atoms. The van der Waals surface area contributed by atoms with Crippen molar-refractivity contribution in [3.05, 3.63) is 33.2 Å². The summed E-state index contributed by atoms with van der Waals surface area (Å²) in [5, 5.41) is 0. The number of hydrogen-bond donors (Lipinski definition) is 2. The molecule has 3 nitrogen and oxygen atoms in total. The predicted octanol–water partition coefficient (Wildman–Crippen LogP) is 3.22. The van der Waals surface area contributed by atoms with Gasteiger partial charge in [-0.25, -0.2) is 5.43 Å². The molecule has 0 fully saturated rings. The van der Waals surface area contributed by atoms with Crippen LogP contribution < -0.4 is 11.3 Å². The number of hydrogen-bond acceptors (Lipinski definition) is 4. The largest absolute Gasteiger partial charge is 0.501 e. The van der Waals surface area contributed by atoms with Crippen molar-refractivity contribution in [2.45, 2.75) is 51.0 Å². The van der Waals surface area contributed by atoms with E-state index in [2.05, 4.69) is 11.5 Å². The molecule has 1 unspecified atom stereocenters. The fourth-order valence-electron chi connectivity index (χ4n) is 3.00. The van der Waals surface area contributed by atoms with Gasteiger partial charge in [-0.1, -0.05) is 6.42 Å². The summed E-state index contributed by atoms with van der Waals surface area (Å²) in [4.78, 5) is 2.93. The van der Waals surface area contributed by atoms with E-state index in [9.17, 15) is 0 Å². The molecule has 0 aromatic carbocycles. The van der Waals surface area contributed by atoms with Gasteiger partial charge in [0.2, 0.25) is 0 Å². The number of thiophene rings is 1. The van der Waals surface area contributed by atoms with Gasteiger partial charge in [0.25, 0.3) is 0 Å². The average molecular weight is 278 g/mol. The Morgan fingerprint density at radius 1 is 1.16 bits per heavy atom. The highest BCUT2D eigenvalue weighted by Gasteiger charge is 2.22. The summed E-state index contributed by atoms with van der Waals surface area (Å²) in [7, 11) is 0. The number of fused-ring (bicyclic) bond motifs is 1. The number of rotatable bonds is 3. The Balaban J connectivity index is 1.85. The third kappa shape index (κ3) is 2.86. The van der Waals surface area contributed by atoms with E-state index in [1.54, 1.807) is 10.4 Å². The molecule has 2 aliphatic rings. The summed E-state index contributed by atoms with van der Waals surface area (Å²) < 4.78 is 5.46. The molecular formula is C15H22N2OS. The van der Waals surface area contributed by atoms with Gasteiger partial charge in [-0.15, -0.1) is 11.3 Å². The lowest BCUT2D eigenvalue weighted by atomic mass is 10.0. The van der Waals surface area contributed by atoms with E-state index in [1.807, 2.05) is 17.6 Å². The molecule has 1 aromatic rings. The van der Waals surface area contributed by atoms with Crippen LogP contribution >= 0.6 is 11.3 Å². The van der Waals surface area contributed by atoms with E-state index in [1.165, 1.54) is 42.6 Å². The molecule has 2 heterocycles. The van der Waals surface area contributed by atoms with Crippen LogP contribution in [0.3, 0.4) is 0 Å². The van der Waals surface area contributed by atoms with Crippen molar-refractivity contribution in [1.82, 2.24) is 5.43 Å². The van der Waals surface area contributed by atoms with Gasteiger partial charge in [0.05, 0.1) is 18.9 Å². The maximum absolute atomic E-state index is 5.78. The van der Waals surface area contributed by atoms with Crippen molar-refractivity contribution in [3.8, 4) is 0 Å². The standard InChI is InChI=1S/C15H22N2OS/c16-17-15(12-6-4-8-18-10-12)14-9-11-5-2-1-3-7-13(11)19-14/h9-10,15,17H,1-8,16H2. The molecule has 3 N–H and O–H groups in total. The van der Waals surface area contributed by atoms with Crippen LogP contribution in [-0.4, -0.2) is 6.61 Å². The van der Waals surface area contributed by atoms with Crippen LogP contribution in [-0.2, 0) is 17.6 Å². The fraction of sp³-hybridized carbons (Fsp3) is 0.600. The minimum absolute atomic E-state index is 0.136. The summed E-state index contributed by atoms with van der Waals surface area (Å²) in [5.41, 5.74) is 5.81. The molecule has 1 atom stereocenters. The first-order valence-electron chi connectivity index (χ1n) is 7.26. The lowest BCUT2D eigenvalue weighted by molar-refractivity contribution is 0.219. The number of nitrogens with two attached hydrogens (primary N) is 1. The summed E-state index contributed by atoms with van der Waals surface area (Å²) in [6, 6.07) is 2.50. The molecule has 0 saturated carbocycles. The number of aryl methyl sites for hydroxylation is 2. The molecule has 1 aliphatic heterocycles. The molecular weight excluding hydrogens is 256 g/mol. The maximum Gasteiger partial charge on any atom is 0.0876 e. The Kier molecular flexibility index (Phi) is 4.21. The third-order valence-electron chi connectivity index (χ3n) is 4.05. The second-order valence-corrected chi connectivity index (χ2v) is 6.59. The molecule has 4 heteroatoms. The van der Waals surface area contributed by atoms with Crippen LogP contribution in [0.15, 0.2) is 17.9 Å². The Hall–Kier alpha value is -0.840. The highest BCUT2D eigenvalue weighted by molar-refractivity contribution is 7.12. The highest BCUT2D eigenvalue weighted by Crippen LogP contribution is 2.36. The number of hydrazine groups is 1. The van der Waals surface area contributed by atoms with Gasteiger partial charge in [0.15, 0.2) is 0 Å². The van der Waals surface area contributed by atoms with Crippen LogP contribution in [0.4, 0.5) is 0 Å². The third-order valence-corrected chi connectivity index (χ3v) is 5.35. The monoisotopic (exact) mass is 278 g/mol. The average Bonchev–Trinajstić information content (AvgIpc) is 2.71. The van der Waals surface area contributed by atoms with Gasteiger partial charge in [-0.3, -0.25) is 5.84 Å². The maximum atomic E-state index is 5.78. The van der Waals surface area contributed by atoms with E-state index in [-0.39, 0.29) is 6.04 Å². The van der Waals surface area contributed by atoms with Crippen molar-refractivity contribution in [2.24, 2.45) is 5.84 Å². The zero-order valence-corrected chi connectivity index (χ0v) is 12.1. The van der Waals surface area contributed by atoms with Gasteiger partial charge in [-0.2, -0.15) is 0 Å². The van der Waals surface area contributed by atoms with Crippen LogP contribution in [0.2, 0.25) is 0 Å². The predicted molar refractivity (Wildman–Crippen MR) is 78.9 cm³/mol. The topological polar surface area (TPSA) is 47.3 Å². The Labute approximate surface area is 118 Å². The van der Waals surface area contributed by atoms with E-state index in [4.69, 9.17) is 10.6 Å². The first-order chi connectivity index (χ1) is 9.38. The second-order valence-electron chi connectivity index (χ2n) is 5.42. The lowest BCUT2D eigenvalue weighted by Crippen LogP contribution is -2.29. The SMILES string of the molecule is NNC(C1=COCCC1)c1cc2c(s1)CCCCC2. The molecule has 19 heavy (non-hydrogen) atoms. The van der Waals surface area contributed by atoms with Crippen molar-refractivity contribution in [1.29, 1.82) is 0 Å². The minimum Gasteiger partial charge on any atom is -0.501 e. The van der Waals surface area contributed by atoms with Crippen LogP contribution in [0.5, 0.6) is 0 Å². The lowest BCUT2D eigenvalue weighted by Gasteiger charge is -2.21.